The van der Waals surface area contributed by atoms with E-state index in [2.05, 4.69) is 78.9 Å². The molecule has 0 fully saturated rings. The van der Waals surface area contributed by atoms with Gasteiger partial charge in [0.1, 0.15) is 0 Å². The third-order valence-corrected chi connectivity index (χ3v) is 5.65. The molecule has 1 heterocycles. The fourth-order valence-corrected chi connectivity index (χ4v) is 4.32. The zero-order valence-electron chi connectivity index (χ0n) is 12.4. The molecule has 3 aromatic carbocycles. The minimum atomic E-state index is 0.629. The zero-order chi connectivity index (χ0) is 14.8. The Bertz CT molecular complexity index is 759. The van der Waals surface area contributed by atoms with Crippen LogP contribution in [-0.2, 0) is 6.42 Å². The van der Waals surface area contributed by atoms with Gasteiger partial charge in [-0.1, -0.05) is 72.8 Å². The van der Waals surface area contributed by atoms with E-state index in [1.165, 1.54) is 32.9 Å². The molecule has 0 N–H and O–H groups in total. The summed E-state index contributed by atoms with van der Waals surface area (Å²) in [6.45, 7) is 0. The van der Waals surface area contributed by atoms with Gasteiger partial charge in [-0.15, -0.1) is 11.8 Å². The van der Waals surface area contributed by atoms with Crippen molar-refractivity contribution in [3.05, 3.63) is 90.0 Å². The average molecular weight is 302 g/mol. The summed E-state index contributed by atoms with van der Waals surface area (Å²) in [6, 6.07) is 28.5. The molecule has 22 heavy (non-hydrogen) atoms. The first-order chi connectivity index (χ1) is 10.9. The predicted molar refractivity (Wildman–Crippen MR) is 95.5 cm³/mol. The minimum absolute atomic E-state index is 0.629. The van der Waals surface area contributed by atoms with Gasteiger partial charge in [-0.05, 0) is 40.7 Å². The highest BCUT2D eigenvalue weighted by Gasteiger charge is 2.20. The standard InChI is InChI=1S/C21H18S/c1-2-6-16(7-3-1)17-10-12-18(13-11-17)20-14-19-8-4-5-9-21(19)22-15-20/h1-13,20H,14-15H2. The quantitative estimate of drug-likeness (QED) is 0.577. The second kappa shape index (κ2) is 6.02. The van der Waals surface area contributed by atoms with Gasteiger partial charge in [-0.2, -0.15) is 0 Å². The van der Waals surface area contributed by atoms with Gasteiger partial charge < -0.3 is 0 Å². The van der Waals surface area contributed by atoms with Crippen molar-refractivity contribution in [2.45, 2.75) is 17.2 Å². The van der Waals surface area contributed by atoms with Crippen LogP contribution in [-0.4, -0.2) is 5.75 Å². The van der Waals surface area contributed by atoms with Crippen molar-refractivity contribution in [2.75, 3.05) is 5.75 Å². The van der Waals surface area contributed by atoms with Crippen LogP contribution in [0, 0.1) is 0 Å². The van der Waals surface area contributed by atoms with Crippen LogP contribution in [0.2, 0.25) is 0 Å². The van der Waals surface area contributed by atoms with Crippen LogP contribution < -0.4 is 0 Å². The van der Waals surface area contributed by atoms with E-state index in [4.69, 9.17) is 0 Å². The van der Waals surface area contributed by atoms with Crippen molar-refractivity contribution in [1.82, 2.24) is 0 Å². The molecule has 3 aromatic rings. The summed E-state index contributed by atoms with van der Waals surface area (Å²) in [7, 11) is 0. The normalized spacial score (nSPS) is 17.0. The van der Waals surface area contributed by atoms with E-state index in [0.29, 0.717) is 5.92 Å². The Balaban J connectivity index is 1.57. The Labute approximate surface area is 136 Å². The van der Waals surface area contributed by atoms with Gasteiger partial charge >= 0.3 is 0 Å². The van der Waals surface area contributed by atoms with Crippen molar-refractivity contribution in [3.8, 4) is 11.1 Å². The Morgan fingerprint density at radius 3 is 2.18 bits per heavy atom. The maximum Gasteiger partial charge on any atom is 0.0104 e. The summed E-state index contributed by atoms with van der Waals surface area (Å²) in [4.78, 5) is 1.46. The molecule has 0 saturated carbocycles. The molecule has 1 aliphatic heterocycles. The lowest BCUT2D eigenvalue weighted by atomic mass is 9.91. The van der Waals surface area contributed by atoms with E-state index in [1.54, 1.807) is 0 Å². The molecule has 1 heteroatoms. The van der Waals surface area contributed by atoms with E-state index in [1.807, 2.05) is 11.8 Å². The number of hydrogen-bond donors (Lipinski definition) is 0. The van der Waals surface area contributed by atoms with Crippen molar-refractivity contribution in [3.63, 3.8) is 0 Å². The smallest absolute Gasteiger partial charge is 0.0104 e. The molecule has 0 aliphatic carbocycles. The number of benzene rings is 3. The zero-order valence-corrected chi connectivity index (χ0v) is 13.2. The first-order valence-corrected chi connectivity index (χ1v) is 8.75. The number of hydrogen-bond acceptors (Lipinski definition) is 1. The highest BCUT2D eigenvalue weighted by Crippen LogP contribution is 2.37. The first kappa shape index (κ1) is 13.7. The van der Waals surface area contributed by atoms with Crippen LogP contribution >= 0.6 is 11.8 Å². The molecule has 0 saturated heterocycles. The SMILES string of the molecule is c1ccc(-c2ccc(C3CSc4ccccc4C3)cc2)cc1. The number of rotatable bonds is 2. The van der Waals surface area contributed by atoms with Crippen LogP contribution in [0.5, 0.6) is 0 Å². The summed E-state index contributed by atoms with van der Waals surface area (Å²) in [5.74, 6) is 1.81. The number of fused-ring (bicyclic) bond motifs is 1. The Morgan fingerprint density at radius 1 is 0.682 bits per heavy atom. The summed E-state index contributed by atoms with van der Waals surface area (Å²) < 4.78 is 0. The molecule has 0 nitrogen and oxygen atoms in total. The molecular formula is C21H18S. The van der Waals surface area contributed by atoms with Crippen LogP contribution in [0.3, 0.4) is 0 Å². The molecule has 1 unspecified atom stereocenters. The van der Waals surface area contributed by atoms with Gasteiger partial charge in [0.2, 0.25) is 0 Å². The van der Waals surface area contributed by atoms with E-state index in [9.17, 15) is 0 Å². The Morgan fingerprint density at radius 2 is 1.36 bits per heavy atom. The summed E-state index contributed by atoms with van der Waals surface area (Å²) in [5.41, 5.74) is 5.54. The van der Waals surface area contributed by atoms with E-state index in [0.717, 1.165) is 6.42 Å². The summed E-state index contributed by atoms with van der Waals surface area (Å²) in [6.07, 6.45) is 1.16. The lowest BCUT2D eigenvalue weighted by Gasteiger charge is -2.24. The van der Waals surface area contributed by atoms with Gasteiger partial charge in [0.25, 0.3) is 0 Å². The van der Waals surface area contributed by atoms with E-state index < -0.39 is 0 Å². The first-order valence-electron chi connectivity index (χ1n) is 7.76. The Kier molecular flexibility index (Phi) is 3.74. The van der Waals surface area contributed by atoms with Crippen molar-refractivity contribution in [1.29, 1.82) is 0 Å². The fourth-order valence-electron chi connectivity index (χ4n) is 3.12. The van der Waals surface area contributed by atoms with Gasteiger partial charge in [-0.3, -0.25) is 0 Å². The fraction of sp³-hybridized carbons (Fsp3) is 0.143. The van der Waals surface area contributed by atoms with Crippen LogP contribution in [0.15, 0.2) is 83.8 Å². The predicted octanol–water partition coefficient (Wildman–Crippen LogP) is 5.79. The molecule has 108 valence electrons. The van der Waals surface area contributed by atoms with Crippen molar-refractivity contribution >= 4 is 11.8 Å². The third kappa shape index (κ3) is 2.69. The van der Waals surface area contributed by atoms with Crippen LogP contribution in [0.25, 0.3) is 11.1 Å². The number of thioether (sulfide) groups is 1. The van der Waals surface area contributed by atoms with Gasteiger partial charge in [0.05, 0.1) is 0 Å². The van der Waals surface area contributed by atoms with Gasteiger partial charge in [0.15, 0.2) is 0 Å². The minimum Gasteiger partial charge on any atom is -0.125 e. The second-order valence-electron chi connectivity index (χ2n) is 5.81. The summed E-state index contributed by atoms with van der Waals surface area (Å²) >= 11 is 1.99. The Hall–Kier alpha value is -1.99. The van der Waals surface area contributed by atoms with E-state index in [-0.39, 0.29) is 0 Å². The van der Waals surface area contributed by atoms with Crippen molar-refractivity contribution < 1.29 is 0 Å². The van der Waals surface area contributed by atoms with Gasteiger partial charge in [0, 0.05) is 10.6 Å². The molecule has 4 rings (SSSR count). The highest BCUT2D eigenvalue weighted by molar-refractivity contribution is 7.99. The summed E-state index contributed by atoms with van der Waals surface area (Å²) in [5, 5.41) is 0. The molecular weight excluding hydrogens is 284 g/mol. The highest BCUT2D eigenvalue weighted by atomic mass is 32.2. The van der Waals surface area contributed by atoms with Crippen LogP contribution in [0.4, 0.5) is 0 Å². The monoisotopic (exact) mass is 302 g/mol. The average Bonchev–Trinajstić information content (AvgIpc) is 2.62. The third-order valence-electron chi connectivity index (χ3n) is 4.37. The molecule has 0 aromatic heterocycles. The van der Waals surface area contributed by atoms with Crippen molar-refractivity contribution in [2.24, 2.45) is 0 Å². The van der Waals surface area contributed by atoms with E-state index >= 15 is 0 Å². The largest absolute Gasteiger partial charge is 0.125 e. The molecule has 1 atom stereocenters. The maximum absolute atomic E-state index is 2.31. The van der Waals surface area contributed by atoms with Gasteiger partial charge in [-0.25, -0.2) is 0 Å². The lowest BCUT2D eigenvalue weighted by Crippen LogP contribution is -2.11. The molecule has 0 spiro atoms. The maximum atomic E-state index is 2.31. The molecule has 0 bridgehead atoms. The second-order valence-corrected chi connectivity index (χ2v) is 6.87. The topological polar surface area (TPSA) is 0 Å². The molecule has 1 aliphatic rings. The molecule has 0 amide bonds. The lowest BCUT2D eigenvalue weighted by molar-refractivity contribution is 0.746. The van der Waals surface area contributed by atoms with Crippen LogP contribution in [0.1, 0.15) is 17.0 Å². The molecule has 0 radical (unpaired) electrons.